The maximum absolute atomic E-state index is 12.0. The van der Waals surface area contributed by atoms with Crippen LogP contribution in [0.15, 0.2) is 58.3 Å². The molecule has 0 aliphatic rings. The Labute approximate surface area is 145 Å². The molecule has 2 heterocycles. The molecular formula is C19H20N2O2S. The third kappa shape index (κ3) is 3.93. The molecule has 3 rings (SSSR count). The van der Waals surface area contributed by atoms with Gasteiger partial charge in [0.15, 0.2) is 0 Å². The molecular weight excluding hydrogens is 320 g/mol. The lowest BCUT2D eigenvalue weighted by Crippen LogP contribution is -2.33. The van der Waals surface area contributed by atoms with Crippen molar-refractivity contribution >= 4 is 34.3 Å². The van der Waals surface area contributed by atoms with E-state index >= 15 is 0 Å². The number of fused-ring (bicyclic) bond motifs is 1. The van der Waals surface area contributed by atoms with Gasteiger partial charge in [0.1, 0.15) is 11.3 Å². The summed E-state index contributed by atoms with van der Waals surface area (Å²) in [4.78, 5) is 15.1. The number of likely N-dealkylation sites (N-methyl/N-ethyl adjacent to an activating group) is 1. The first-order valence-corrected chi connectivity index (χ1v) is 8.66. The van der Waals surface area contributed by atoms with E-state index in [2.05, 4.69) is 5.32 Å². The van der Waals surface area contributed by atoms with E-state index in [0.717, 1.165) is 21.6 Å². The van der Waals surface area contributed by atoms with Crippen molar-refractivity contribution in [3.05, 3.63) is 64.6 Å². The van der Waals surface area contributed by atoms with Gasteiger partial charge in [-0.25, -0.2) is 0 Å². The Balaban J connectivity index is 1.67. The predicted octanol–water partition coefficient (Wildman–Crippen LogP) is 3.93. The summed E-state index contributed by atoms with van der Waals surface area (Å²) in [6.45, 7) is 0.487. The van der Waals surface area contributed by atoms with Crippen molar-refractivity contribution in [2.45, 2.75) is 6.04 Å². The van der Waals surface area contributed by atoms with E-state index in [1.54, 1.807) is 17.4 Å². The molecule has 24 heavy (non-hydrogen) atoms. The van der Waals surface area contributed by atoms with Crippen molar-refractivity contribution in [2.75, 3.05) is 20.6 Å². The van der Waals surface area contributed by atoms with Crippen molar-refractivity contribution in [3.63, 3.8) is 0 Å². The van der Waals surface area contributed by atoms with Gasteiger partial charge in [-0.2, -0.15) is 0 Å². The van der Waals surface area contributed by atoms with E-state index in [1.807, 2.05) is 72.9 Å². The molecule has 1 amide bonds. The number of carbonyl (C=O) groups is 1. The van der Waals surface area contributed by atoms with Crippen molar-refractivity contribution in [1.29, 1.82) is 0 Å². The largest absolute Gasteiger partial charge is 0.459 e. The molecule has 1 N–H and O–H groups in total. The average Bonchev–Trinajstić information content (AvgIpc) is 3.22. The normalized spacial score (nSPS) is 13.0. The van der Waals surface area contributed by atoms with E-state index in [1.165, 1.54) is 0 Å². The summed E-state index contributed by atoms with van der Waals surface area (Å²) < 4.78 is 5.93. The summed E-state index contributed by atoms with van der Waals surface area (Å²) >= 11 is 1.60. The van der Waals surface area contributed by atoms with Gasteiger partial charge < -0.3 is 9.73 Å². The number of hydrogen-bond acceptors (Lipinski definition) is 4. The number of thiophene rings is 1. The summed E-state index contributed by atoms with van der Waals surface area (Å²) in [6, 6.07) is 13.9. The fourth-order valence-electron chi connectivity index (χ4n) is 2.50. The third-order valence-electron chi connectivity index (χ3n) is 3.81. The zero-order valence-electron chi connectivity index (χ0n) is 13.7. The van der Waals surface area contributed by atoms with E-state index in [0.29, 0.717) is 6.54 Å². The van der Waals surface area contributed by atoms with Crippen molar-refractivity contribution in [3.8, 4) is 0 Å². The molecule has 0 aliphatic carbocycles. The Morgan fingerprint density at radius 2 is 2.12 bits per heavy atom. The van der Waals surface area contributed by atoms with Gasteiger partial charge in [-0.05, 0) is 43.8 Å². The van der Waals surface area contributed by atoms with Gasteiger partial charge in [-0.1, -0.05) is 24.3 Å². The van der Waals surface area contributed by atoms with Crippen molar-refractivity contribution in [1.82, 2.24) is 10.2 Å². The highest BCUT2D eigenvalue weighted by atomic mass is 32.1. The van der Waals surface area contributed by atoms with Gasteiger partial charge in [0.05, 0.1) is 6.04 Å². The van der Waals surface area contributed by atoms with Crippen LogP contribution < -0.4 is 5.32 Å². The summed E-state index contributed by atoms with van der Waals surface area (Å²) in [5.74, 6) is 0.745. The highest BCUT2D eigenvalue weighted by Gasteiger charge is 2.19. The van der Waals surface area contributed by atoms with Gasteiger partial charge >= 0.3 is 0 Å². The van der Waals surface area contributed by atoms with Gasteiger partial charge in [-0.3, -0.25) is 9.69 Å². The summed E-state index contributed by atoms with van der Waals surface area (Å²) in [7, 11) is 3.96. The van der Waals surface area contributed by atoms with Crippen LogP contribution in [-0.2, 0) is 4.79 Å². The fraction of sp³-hybridized carbons (Fsp3) is 0.211. The molecule has 5 heteroatoms. The minimum Gasteiger partial charge on any atom is -0.459 e. The monoisotopic (exact) mass is 340 g/mol. The maximum atomic E-state index is 12.0. The minimum atomic E-state index is -0.105. The topological polar surface area (TPSA) is 45.5 Å². The molecule has 0 saturated heterocycles. The van der Waals surface area contributed by atoms with E-state index in [9.17, 15) is 4.79 Å². The van der Waals surface area contributed by atoms with Gasteiger partial charge in [-0.15, -0.1) is 11.3 Å². The van der Waals surface area contributed by atoms with Gasteiger partial charge in [0.2, 0.25) is 5.91 Å². The van der Waals surface area contributed by atoms with Crippen molar-refractivity contribution < 1.29 is 9.21 Å². The second-order valence-electron chi connectivity index (χ2n) is 5.76. The van der Waals surface area contributed by atoms with E-state index < -0.39 is 0 Å². The molecule has 4 nitrogen and oxygen atoms in total. The number of rotatable bonds is 6. The average molecular weight is 340 g/mol. The number of hydrogen-bond donors (Lipinski definition) is 1. The molecule has 0 bridgehead atoms. The van der Waals surface area contributed by atoms with Crippen LogP contribution >= 0.6 is 11.3 Å². The third-order valence-corrected chi connectivity index (χ3v) is 4.65. The Bertz CT molecular complexity index is 801. The summed E-state index contributed by atoms with van der Waals surface area (Å²) in [6.07, 6.45) is 3.39. The molecule has 1 aromatic carbocycles. The quantitative estimate of drug-likeness (QED) is 0.692. The highest BCUT2D eigenvalue weighted by molar-refractivity contribution is 7.10. The SMILES string of the molecule is CN(C)[C@H](CNC(=O)/C=C/c1cccs1)c1cc2ccccc2o1. The maximum Gasteiger partial charge on any atom is 0.244 e. The van der Waals surface area contributed by atoms with Crippen LogP contribution in [0.25, 0.3) is 17.0 Å². The summed E-state index contributed by atoms with van der Waals surface area (Å²) in [5.41, 5.74) is 0.864. The second kappa shape index (κ2) is 7.47. The fourth-order valence-corrected chi connectivity index (χ4v) is 3.12. The first-order chi connectivity index (χ1) is 11.6. The Morgan fingerprint density at radius 1 is 1.29 bits per heavy atom. The first kappa shape index (κ1) is 16.5. The lowest BCUT2D eigenvalue weighted by atomic mass is 10.2. The predicted molar refractivity (Wildman–Crippen MR) is 99.0 cm³/mol. The van der Waals surface area contributed by atoms with Crippen LogP contribution in [0.4, 0.5) is 0 Å². The number of nitrogens with one attached hydrogen (secondary N) is 1. The lowest BCUT2D eigenvalue weighted by molar-refractivity contribution is -0.116. The minimum absolute atomic E-state index is 0.0171. The van der Waals surface area contributed by atoms with Crippen LogP contribution in [0.2, 0.25) is 0 Å². The summed E-state index contributed by atoms with van der Waals surface area (Å²) in [5, 5.41) is 6.01. The standard InChI is InChI=1S/C19H20N2O2S/c1-21(2)16(18-12-14-6-3-4-8-17(14)23-18)13-20-19(22)10-9-15-7-5-11-24-15/h3-12,16H,13H2,1-2H3,(H,20,22)/b10-9+/t16-/m1/s1. The molecule has 0 spiro atoms. The molecule has 0 radical (unpaired) electrons. The molecule has 2 aromatic heterocycles. The molecule has 0 aliphatic heterocycles. The zero-order chi connectivity index (χ0) is 16.9. The highest BCUT2D eigenvalue weighted by Crippen LogP contribution is 2.26. The molecule has 0 saturated carbocycles. The Hall–Kier alpha value is -2.37. The molecule has 0 unspecified atom stereocenters. The van der Waals surface area contributed by atoms with Gasteiger partial charge in [0.25, 0.3) is 0 Å². The van der Waals surface area contributed by atoms with Crippen LogP contribution in [-0.4, -0.2) is 31.4 Å². The second-order valence-corrected chi connectivity index (χ2v) is 6.74. The molecule has 124 valence electrons. The molecule has 3 aromatic rings. The van der Waals surface area contributed by atoms with Crippen molar-refractivity contribution in [2.24, 2.45) is 0 Å². The van der Waals surface area contributed by atoms with Crippen LogP contribution in [0.5, 0.6) is 0 Å². The first-order valence-electron chi connectivity index (χ1n) is 7.78. The van der Waals surface area contributed by atoms with Crippen LogP contribution in [0.3, 0.4) is 0 Å². The van der Waals surface area contributed by atoms with E-state index in [4.69, 9.17) is 4.42 Å². The number of carbonyl (C=O) groups excluding carboxylic acids is 1. The number of furan rings is 1. The van der Waals surface area contributed by atoms with Crippen LogP contribution in [0.1, 0.15) is 16.7 Å². The number of para-hydroxylation sites is 1. The van der Waals surface area contributed by atoms with E-state index in [-0.39, 0.29) is 11.9 Å². The number of nitrogens with zero attached hydrogens (tertiary/aromatic N) is 1. The molecule has 1 atom stereocenters. The zero-order valence-corrected chi connectivity index (χ0v) is 14.5. The Kier molecular flexibility index (Phi) is 5.13. The van der Waals surface area contributed by atoms with Gasteiger partial charge in [0, 0.05) is 22.9 Å². The Morgan fingerprint density at radius 3 is 2.83 bits per heavy atom. The number of amides is 1. The number of benzene rings is 1. The lowest BCUT2D eigenvalue weighted by Gasteiger charge is -2.22. The van der Waals surface area contributed by atoms with Crippen LogP contribution in [0, 0.1) is 0 Å². The molecule has 0 fully saturated rings. The smallest absolute Gasteiger partial charge is 0.244 e.